The highest BCUT2D eigenvalue weighted by atomic mass is 16.5. The molecule has 2 aromatic rings. The van der Waals surface area contributed by atoms with E-state index in [1.807, 2.05) is 19.1 Å². The highest BCUT2D eigenvalue weighted by Gasteiger charge is 2.31. The molecule has 0 spiro atoms. The average molecular weight is 457 g/mol. The van der Waals surface area contributed by atoms with Gasteiger partial charge in [-0.15, -0.1) is 0 Å². The third-order valence-corrected chi connectivity index (χ3v) is 6.37. The number of carbonyl (C=O) groups excluding carboxylic acids is 2. The minimum absolute atomic E-state index is 0.108. The maximum atomic E-state index is 12.9. The van der Waals surface area contributed by atoms with Crippen LogP contribution in [0.4, 0.5) is 0 Å². The number of amides is 1. The van der Waals surface area contributed by atoms with E-state index in [1.54, 1.807) is 23.7 Å². The molecule has 1 amide bonds. The number of ether oxygens (including phenoxy) is 3. The zero-order valence-corrected chi connectivity index (χ0v) is 19.3. The molecule has 9 heteroatoms. The SMILES string of the molecule is CCOC(=O)c1cnn(-c2ccc(C(=O)NCC(C3CCOC3)N3CCOCC3)cc2)c1C. The van der Waals surface area contributed by atoms with Gasteiger partial charge in [0.15, 0.2) is 0 Å². The molecule has 4 rings (SSSR count). The van der Waals surface area contributed by atoms with Crippen LogP contribution >= 0.6 is 0 Å². The molecule has 2 fully saturated rings. The van der Waals surface area contributed by atoms with Gasteiger partial charge in [-0.2, -0.15) is 5.10 Å². The number of aromatic nitrogens is 2. The fourth-order valence-electron chi connectivity index (χ4n) is 4.49. The summed E-state index contributed by atoms with van der Waals surface area (Å²) in [7, 11) is 0. The van der Waals surface area contributed by atoms with Gasteiger partial charge in [-0.3, -0.25) is 9.69 Å². The second kappa shape index (κ2) is 10.9. The first-order valence-electron chi connectivity index (χ1n) is 11.6. The largest absolute Gasteiger partial charge is 0.462 e. The first kappa shape index (κ1) is 23.4. The molecular formula is C24H32N4O5. The zero-order valence-electron chi connectivity index (χ0n) is 19.3. The van der Waals surface area contributed by atoms with Gasteiger partial charge in [0.2, 0.25) is 0 Å². The van der Waals surface area contributed by atoms with Crippen LogP contribution in [-0.4, -0.2) is 85.3 Å². The molecule has 1 aromatic heterocycles. The Balaban J connectivity index is 1.40. The van der Waals surface area contributed by atoms with Gasteiger partial charge in [0, 0.05) is 43.8 Å². The molecule has 0 saturated carbocycles. The van der Waals surface area contributed by atoms with E-state index in [1.165, 1.54) is 6.20 Å². The second-order valence-corrected chi connectivity index (χ2v) is 8.37. The monoisotopic (exact) mass is 456 g/mol. The zero-order chi connectivity index (χ0) is 23.2. The molecule has 2 saturated heterocycles. The van der Waals surface area contributed by atoms with Crippen LogP contribution in [0.25, 0.3) is 5.69 Å². The Morgan fingerprint density at radius 2 is 1.94 bits per heavy atom. The summed E-state index contributed by atoms with van der Waals surface area (Å²) in [4.78, 5) is 27.3. The van der Waals surface area contributed by atoms with Crippen LogP contribution in [0.1, 0.15) is 39.8 Å². The molecule has 2 unspecified atom stereocenters. The smallest absolute Gasteiger partial charge is 0.341 e. The summed E-state index contributed by atoms with van der Waals surface area (Å²) in [6, 6.07) is 7.45. The van der Waals surface area contributed by atoms with E-state index in [0.717, 1.165) is 51.6 Å². The van der Waals surface area contributed by atoms with Gasteiger partial charge >= 0.3 is 5.97 Å². The van der Waals surface area contributed by atoms with Crippen molar-refractivity contribution >= 4 is 11.9 Å². The third-order valence-electron chi connectivity index (χ3n) is 6.37. The van der Waals surface area contributed by atoms with Crippen molar-refractivity contribution in [2.45, 2.75) is 26.3 Å². The number of rotatable bonds is 8. The molecule has 178 valence electrons. The lowest BCUT2D eigenvalue weighted by molar-refractivity contribution is 0.00166. The van der Waals surface area contributed by atoms with Gasteiger partial charge < -0.3 is 19.5 Å². The molecular weight excluding hydrogens is 424 g/mol. The van der Waals surface area contributed by atoms with Crippen LogP contribution in [0.15, 0.2) is 30.5 Å². The molecule has 1 aromatic carbocycles. The summed E-state index contributed by atoms with van der Waals surface area (Å²) in [5, 5.41) is 7.42. The van der Waals surface area contributed by atoms with Crippen molar-refractivity contribution in [3.8, 4) is 5.69 Å². The van der Waals surface area contributed by atoms with E-state index in [2.05, 4.69) is 15.3 Å². The van der Waals surface area contributed by atoms with Crippen molar-refractivity contribution in [3.63, 3.8) is 0 Å². The molecule has 33 heavy (non-hydrogen) atoms. The Morgan fingerprint density at radius 3 is 2.61 bits per heavy atom. The van der Waals surface area contributed by atoms with Crippen molar-refractivity contribution in [2.24, 2.45) is 5.92 Å². The summed E-state index contributed by atoms with van der Waals surface area (Å²) >= 11 is 0. The normalized spacial score (nSPS) is 19.9. The number of morpholine rings is 1. The fourth-order valence-corrected chi connectivity index (χ4v) is 4.49. The van der Waals surface area contributed by atoms with E-state index in [0.29, 0.717) is 35.9 Å². The molecule has 3 heterocycles. The Kier molecular flexibility index (Phi) is 7.74. The molecule has 2 atom stereocenters. The van der Waals surface area contributed by atoms with Gasteiger partial charge in [-0.1, -0.05) is 0 Å². The van der Waals surface area contributed by atoms with Gasteiger partial charge in [0.1, 0.15) is 5.56 Å². The predicted molar refractivity (Wildman–Crippen MR) is 122 cm³/mol. The Hall–Kier alpha value is -2.75. The highest BCUT2D eigenvalue weighted by molar-refractivity contribution is 5.94. The van der Waals surface area contributed by atoms with Crippen molar-refractivity contribution in [3.05, 3.63) is 47.3 Å². The minimum atomic E-state index is -0.389. The van der Waals surface area contributed by atoms with Crippen LogP contribution in [0.5, 0.6) is 0 Å². The third kappa shape index (κ3) is 5.43. The summed E-state index contributed by atoms with van der Waals surface area (Å²) in [5.74, 6) is -0.0787. The Bertz CT molecular complexity index is 946. The minimum Gasteiger partial charge on any atom is -0.462 e. The number of nitrogens with zero attached hydrogens (tertiary/aromatic N) is 3. The van der Waals surface area contributed by atoms with Crippen LogP contribution in [0.3, 0.4) is 0 Å². The topological polar surface area (TPSA) is 94.9 Å². The fraction of sp³-hybridized carbons (Fsp3) is 0.542. The lowest BCUT2D eigenvalue weighted by Gasteiger charge is -2.37. The van der Waals surface area contributed by atoms with E-state index in [-0.39, 0.29) is 17.9 Å². The quantitative estimate of drug-likeness (QED) is 0.606. The van der Waals surface area contributed by atoms with Crippen molar-refractivity contribution in [1.29, 1.82) is 0 Å². The maximum Gasteiger partial charge on any atom is 0.341 e. The van der Waals surface area contributed by atoms with E-state index in [4.69, 9.17) is 14.2 Å². The molecule has 0 bridgehead atoms. The van der Waals surface area contributed by atoms with Crippen molar-refractivity contribution < 1.29 is 23.8 Å². The maximum absolute atomic E-state index is 12.9. The summed E-state index contributed by atoms with van der Waals surface area (Å²) in [6.07, 6.45) is 2.52. The average Bonchev–Trinajstić information content (AvgIpc) is 3.50. The number of hydrogen-bond acceptors (Lipinski definition) is 7. The second-order valence-electron chi connectivity index (χ2n) is 8.37. The van der Waals surface area contributed by atoms with Gasteiger partial charge in [-0.25, -0.2) is 9.48 Å². The molecule has 1 N–H and O–H groups in total. The molecule has 2 aliphatic heterocycles. The van der Waals surface area contributed by atoms with E-state index in [9.17, 15) is 9.59 Å². The van der Waals surface area contributed by atoms with Crippen molar-refractivity contribution in [2.75, 3.05) is 52.7 Å². The van der Waals surface area contributed by atoms with Crippen LogP contribution in [0.2, 0.25) is 0 Å². The Labute approximate surface area is 194 Å². The number of benzene rings is 1. The van der Waals surface area contributed by atoms with Crippen molar-refractivity contribution in [1.82, 2.24) is 20.0 Å². The van der Waals surface area contributed by atoms with Crippen LogP contribution < -0.4 is 5.32 Å². The lowest BCUT2D eigenvalue weighted by atomic mass is 9.96. The Morgan fingerprint density at radius 1 is 1.18 bits per heavy atom. The molecule has 0 radical (unpaired) electrons. The first-order valence-corrected chi connectivity index (χ1v) is 11.6. The molecule has 9 nitrogen and oxygen atoms in total. The lowest BCUT2D eigenvalue weighted by Crippen LogP contribution is -2.52. The number of esters is 1. The first-order chi connectivity index (χ1) is 16.1. The van der Waals surface area contributed by atoms with E-state index >= 15 is 0 Å². The summed E-state index contributed by atoms with van der Waals surface area (Å²) in [6.45, 7) is 9.21. The molecule has 2 aliphatic rings. The summed E-state index contributed by atoms with van der Waals surface area (Å²) in [5.41, 5.74) is 2.48. The number of hydrogen-bond donors (Lipinski definition) is 1. The van der Waals surface area contributed by atoms with Crippen LogP contribution in [0, 0.1) is 12.8 Å². The number of nitrogens with one attached hydrogen (secondary N) is 1. The highest BCUT2D eigenvalue weighted by Crippen LogP contribution is 2.22. The summed E-state index contributed by atoms with van der Waals surface area (Å²) < 4.78 is 17.8. The molecule has 0 aliphatic carbocycles. The standard InChI is InChI=1S/C24H32N4O5/c1-3-33-24(30)21-14-26-28(17(21)2)20-6-4-18(5-7-20)23(29)25-15-22(19-8-11-32-16-19)27-9-12-31-13-10-27/h4-7,14,19,22H,3,8-13,15-16H2,1-2H3,(H,25,29). The number of carbonyl (C=O) groups is 2. The van der Waals surface area contributed by atoms with Gasteiger partial charge in [-0.05, 0) is 44.5 Å². The van der Waals surface area contributed by atoms with Crippen LogP contribution in [-0.2, 0) is 14.2 Å². The van der Waals surface area contributed by atoms with E-state index < -0.39 is 0 Å². The van der Waals surface area contributed by atoms with Gasteiger partial charge in [0.05, 0.1) is 44.0 Å². The predicted octanol–water partition coefficient (Wildman–Crippen LogP) is 1.82. The van der Waals surface area contributed by atoms with Gasteiger partial charge in [0.25, 0.3) is 5.91 Å².